The van der Waals surface area contributed by atoms with Crippen LogP contribution in [0.1, 0.15) is 11.1 Å². The molecule has 1 aromatic rings. The Morgan fingerprint density at radius 1 is 1.08 bits per heavy atom. The highest BCUT2D eigenvalue weighted by Crippen LogP contribution is 2.23. The fourth-order valence-electron chi connectivity index (χ4n) is 1.16. The first-order chi connectivity index (χ1) is 5.90. The normalized spacial score (nSPS) is 11.5. The van der Waals surface area contributed by atoms with Crippen LogP contribution in [0.4, 0.5) is 0 Å². The summed E-state index contributed by atoms with van der Waals surface area (Å²) in [5.41, 5.74) is 2.57. The molecule has 0 aromatic heterocycles. The molecule has 0 saturated heterocycles. The van der Waals surface area contributed by atoms with Crippen molar-refractivity contribution in [2.45, 2.75) is 33.5 Å². The maximum atomic E-state index is 5.95. The van der Waals surface area contributed by atoms with Crippen molar-refractivity contribution in [2.75, 3.05) is 0 Å². The van der Waals surface area contributed by atoms with E-state index in [0.29, 0.717) is 0 Å². The fourth-order valence-corrected chi connectivity index (χ4v) is 2.05. The molecule has 0 amide bonds. The number of hydrogen-bond acceptors (Lipinski definition) is 1. The van der Waals surface area contributed by atoms with E-state index in [0.717, 1.165) is 5.75 Å². The molecule has 0 aliphatic heterocycles. The van der Waals surface area contributed by atoms with Gasteiger partial charge in [-0.3, -0.25) is 0 Å². The van der Waals surface area contributed by atoms with E-state index in [2.05, 4.69) is 51.7 Å². The Balaban J connectivity index is 2.96. The molecule has 1 aromatic carbocycles. The zero-order valence-corrected chi connectivity index (χ0v) is 10.1. The van der Waals surface area contributed by atoms with Crippen LogP contribution in [0.2, 0.25) is 19.6 Å². The molecule has 0 aliphatic carbocycles. The molecular weight excluding hydrogens is 176 g/mol. The van der Waals surface area contributed by atoms with Gasteiger partial charge in [0, 0.05) is 0 Å². The highest BCUT2D eigenvalue weighted by molar-refractivity contribution is 6.70. The molecule has 0 N–H and O–H groups in total. The topological polar surface area (TPSA) is 9.23 Å². The Kier molecular flexibility index (Phi) is 2.81. The van der Waals surface area contributed by atoms with Crippen molar-refractivity contribution in [3.63, 3.8) is 0 Å². The molecule has 13 heavy (non-hydrogen) atoms. The van der Waals surface area contributed by atoms with Gasteiger partial charge in [0.05, 0.1) is 0 Å². The van der Waals surface area contributed by atoms with Gasteiger partial charge < -0.3 is 4.43 Å². The molecule has 0 fully saturated rings. The van der Waals surface area contributed by atoms with E-state index >= 15 is 0 Å². The van der Waals surface area contributed by atoms with E-state index in [1.807, 2.05) is 0 Å². The van der Waals surface area contributed by atoms with Crippen molar-refractivity contribution in [3.05, 3.63) is 29.3 Å². The molecule has 72 valence electrons. The van der Waals surface area contributed by atoms with Gasteiger partial charge in [0.2, 0.25) is 8.32 Å². The summed E-state index contributed by atoms with van der Waals surface area (Å²) in [6.07, 6.45) is 0. The standard InChI is InChI=1S/C11H18OSi/c1-9-7-6-8-11(10(9)2)12-13(3,4)5/h6-8H,1-5H3. The van der Waals surface area contributed by atoms with Gasteiger partial charge in [0.25, 0.3) is 0 Å². The summed E-state index contributed by atoms with van der Waals surface area (Å²) >= 11 is 0. The molecule has 0 aliphatic rings. The van der Waals surface area contributed by atoms with Crippen LogP contribution < -0.4 is 4.43 Å². The van der Waals surface area contributed by atoms with Crippen LogP contribution in [-0.2, 0) is 0 Å². The van der Waals surface area contributed by atoms with Crippen molar-refractivity contribution in [1.29, 1.82) is 0 Å². The molecule has 0 atom stereocenters. The lowest BCUT2D eigenvalue weighted by molar-refractivity contribution is 0.552. The average molecular weight is 194 g/mol. The van der Waals surface area contributed by atoms with E-state index in [4.69, 9.17) is 4.43 Å². The van der Waals surface area contributed by atoms with Crippen molar-refractivity contribution >= 4 is 8.32 Å². The minimum atomic E-state index is -1.45. The first kappa shape index (κ1) is 10.3. The Bertz CT molecular complexity index is 299. The zero-order chi connectivity index (χ0) is 10.1. The van der Waals surface area contributed by atoms with Crippen LogP contribution in [0.5, 0.6) is 5.75 Å². The highest BCUT2D eigenvalue weighted by Gasteiger charge is 2.17. The van der Waals surface area contributed by atoms with Crippen molar-refractivity contribution in [1.82, 2.24) is 0 Å². The van der Waals surface area contributed by atoms with Crippen LogP contribution in [0, 0.1) is 13.8 Å². The lowest BCUT2D eigenvalue weighted by Crippen LogP contribution is -2.29. The minimum Gasteiger partial charge on any atom is -0.544 e. The van der Waals surface area contributed by atoms with E-state index in [1.54, 1.807) is 0 Å². The quantitative estimate of drug-likeness (QED) is 0.655. The summed E-state index contributed by atoms with van der Waals surface area (Å²) in [4.78, 5) is 0. The van der Waals surface area contributed by atoms with Crippen LogP contribution in [0.15, 0.2) is 18.2 Å². The van der Waals surface area contributed by atoms with Crippen LogP contribution in [0.3, 0.4) is 0 Å². The van der Waals surface area contributed by atoms with Crippen molar-refractivity contribution in [2.24, 2.45) is 0 Å². The van der Waals surface area contributed by atoms with Gasteiger partial charge in [-0.25, -0.2) is 0 Å². The summed E-state index contributed by atoms with van der Waals surface area (Å²) < 4.78 is 5.95. The second-order valence-corrected chi connectivity index (χ2v) is 8.84. The first-order valence-electron chi connectivity index (χ1n) is 4.65. The number of benzene rings is 1. The molecule has 1 nitrogen and oxygen atoms in total. The Morgan fingerprint density at radius 2 is 1.69 bits per heavy atom. The lowest BCUT2D eigenvalue weighted by Gasteiger charge is -2.21. The molecular formula is C11H18OSi. The summed E-state index contributed by atoms with van der Waals surface area (Å²) in [5.74, 6) is 1.05. The largest absolute Gasteiger partial charge is 0.544 e. The molecule has 0 unspecified atom stereocenters. The Labute approximate surface area is 81.9 Å². The van der Waals surface area contributed by atoms with Crippen molar-refractivity contribution < 1.29 is 4.43 Å². The smallest absolute Gasteiger partial charge is 0.242 e. The van der Waals surface area contributed by atoms with Crippen LogP contribution >= 0.6 is 0 Å². The van der Waals surface area contributed by atoms with E-state index in [1.165, 1.54) is 11.1 Å². The van der Waals surface area contributed by atoms with Gasteiger partial charge >= 0.3 is 0 Å². The summed E-state index contributed by atoms with van der Waals surface area (Å²) in [6, 6.07) is 6.23. The van der Waals surface area contributed by atoms with Gasteiger partial charge in [-0.2, -0.15) is 0 Å². The monoisotopic (exact) mass is 194 g/mol. The Hall–Kier alpha value is -0.763. The molecule has 2 heteroatoms. The summed E-state index contributed by atoms with van der Waals surface area (Å²) in [5, 5.41) is 0. The fraction of sp³-hybridized carbons (Fsp3) is 0.455. The molecule has 0 saturated carbocycles. The van der Waals surface area contributed by atoms with Gasteiger partial charge in [-0.1, -0.05) is 12.1 Å². The second-order valence-electron chi connectivity index (χ2n) is 4.41. The van der Waals surface area contributed by atoms with E-state index in [9.17, 15) is 0 Å². The molecule has 0 spiro atoms. The molecule has 0 radical (unpaired) electrons. The minimum absolute atomic E-state index is 1.05. The zero-order valence-electron chi connectivity index (χ0n) is 9.14. The van der Waals surface area contributed by atoms with Crippen LogP contribution in [-0.4, -0.2) is 8.32 Å². The number of hydrogen-bond donors (Lipinski definition) is 0. The number of aryl methyl sites for hydroxylation is 1. The third-order valence-electron chi connectivity index (χ3n) is 1.97. The first-order valence-corrected chi connectivity index (χ1v) is 8.06. The highest BCUT2D eigenvalue weighted by atomic mass is 28.4. The molecule has 1 rings (SSSR count). The maximum absolute atomic E-state index is 5.95. The average Bonchev–Trinajstić information content (AvgIpc) is 1.96. The van der Waals surface area contributed by atoms with Crippen LogP contribution in [0.25, 0.3) is 0 Å². The van der Waals surface area contributed by atoms with Gasteiger partial charge in [-0.05, 0) is 50.7 Å². The predicted molar refractivity (Wildman–Crippen MR) is 59.9 cm³/mol. The van der Waals surface area contributed by atoms with E-state index in [-0.39, 0.29) is 0 Å². The molecule has 0 heterocycles. The van der Waals surface area contributed by atoms with Crippen molar-refractivity contribution in [3.8, 4) is 5.75 Å². The lowest BCUT2D eigenvalue weighted by atomic mass is 10.1. The third kappa shape index (κ3) is 2.88. The summed E-state index contributed by atoms with van der Waals surface area (Å²) in [6.45, 7) is 10.8. The Morgan fingerprint density at radius 3 is 2.23 bits per heavy atom. The maximum Gasteiger partial charge on any atom is 0.242 e. The predicted octanol–water partition coefficient (Wildman–Crippen LogP) is 3.52. The van der Waals surface area contributed by atoms with Gasteiger partial charge in [0.15, 0.2) is 0 Å². The van der Waals surface area contributed by atoms with E-state index < -0.39 is 8.32 Å². The number of rotatable bonds is 2. The third-order valence-corrected chi connectivity index (χ3v) is 2.80. The molecule has 0 bridgehead atoms. The van der Waals surface area contributed by atoms with Gasteiger partial charge in [-0.15, -0.1) is 0 Å². The second kappa shape index (κ2) is 3.54. The summed E-state index contributed by atoms with van der Waals surface area (Å²) in [7, 11) is -1.45. The van der Waals surface area contributed by atoms with Gasteiger partial charge in [0.1, 0.15) is 5.75 Å². The SMILES string of the molecule is Cc1cccc(O[Si](C)(C)C)c1C.